The van der Waals surface area contributed by atoms with Gasteiger partial charge in [-0.3, -0.25) is 5.41 Å². The Labute approximate surface area is 110 Å². The molecule has 0 amide bonds. The monoisotopic (exact) mass is 257 g/mol. The summed E-state index contributed by atoms with van der Waals surface area (Å²) in [5.74, 6) is 0.880. The number of rotatable bonds is 2. The third-order valence-corrected chi connectivity index (χ3v) is 3.26. The first-order chi connectivity index (χ1) is 9.25. The molecule has 3 rings (SSSR count). The minimum absolute atomic E-state index is 0.0536. The van der Waals surface area contributed by atoms with E-state index in [1.807, 2.05) is 24.3 Å². The minimum Gasteiger partial charge on any atom is -0.385 e. The van der Waals surface area contributed by atoms with Gasteiger partial charge < -0.3 is 15.4 Å². The van der Waals surface area contributed by atoms with E-state index in [1.165, 1.54) is 0 Å². The molecule has 2 aromatic rings. The number of nitrogens with zero attached hydrogens (tertiary/aromatic N) is 3. The van der Waals surface area contributed by atoms with Gasteiger partial charge in [0.15, 0.2) is 5.82 Å². The lowest BCUT2D eigenvalue weighted by Crippen LogP contribution is -2.48. The molecule has 19 heavy (non-hydrogen) atoms. The zero-order valence-corrected chi connectivity index (χ0v) is 10.4. The number of anilines is 1. The van der Waals surface area contributed by atoms with Gasteiger partial charge in [-0.25, -0.2) is 0 Å². The van der Waals surface area contributed by atoms with Crippen LogP contribution in [-0.2, 0) is 4.74 Å². The van der Waals surface area contributed by atoms with Crippen molar-refractivity contribution in [3.8, 4) is 0 Å². The quantitative estimate of drug-likeness (QED) is 0.613. The molecule has 1 saturated heterocycles. The topological polar surface area (TPSA) is 88.1 Å². The molecule has 3 N–H and O–H groups in total. The van der Waals surface area contributed by atoms with Crippen LogP contribution in [0.2, 0.25) is 0 Å². The summed E-state index contributed by atoms with van der Waals surface area (Å²) < 4.78 is 5.46. The van der Waals surface area contributed by atoms with Gasteiger partial charge in [0, 0.05) is 17.3 Å². The molecule has 1 unspecified atom stereocenters. The largest absolute Gasteiger partial charge is 0.385 e. The van der Waals surface area contributed by atoms with E-state index < -0.39 is 0 Å². The van der Waals surface area contributed by atoms with Gasteiger partial charge >= 0.3 is 0 Å². The average molecular weight is 257 g/mol. The van der Waals surface area contributed by atoms with Gasteiger partial charge in [0.1, 0.15) is 11.9 Å². The molecule has 1 atom stereocenters. The van der Waals surface area contributed by atoms with Crippen molar-refractivity contribution in [1.29, 1.82) is 5.41 Å². The predicted molar refractivity (Wildman–Crippen MR) is 73.4 cm³/mol. The Morgan fingerprint density at radius 1 is 1.42 bits per heavy atom. The molecule has 2 heterocycles. The second kappa shape index (κ2) is 4.81. The van der Waals surface area contributed by atoms with Crippen LogP contribution in [0.3, 0.4) is 0 Å². The van der Waals surface area contributed by atoms with Crippen molar-refractivity contribution >= 4 is 22.4 Å². The fourth-order valence-electron chi connectivity index (χ4n) is 2.28. The molecule has 6 nitrogen and oxygen atoms in total. The highest BCUT2D eigenvalue weighted by Gasteiger charge is 2.24. The molecule has 1 aliphatic heterocycles. The lowest BCUT2D eigenvalue weighted by atomic mass is 10.1. The molecule has 98 valence electrons. The van der Waals surface area contributed by atoms with E-state index in [1.54, 1.807) is 6.20 Å². The van der Waals surface area contributed by atoms with E-state index in [4.69, 9.17) is 15.9 Å². The van der Waals surface area contributed by atoms with Gasteiger partial charge in [-0.05, 0) is 0 Å². The Morgan fingerprint density at radius 2 is 2.26 bits per heavy atom. The number of ether oxygens (including phenoxy) is 1. The summed E-state index contributed by atoms with van der Waals surface area (Å²) in [6.45, 7) is 1.81. The number of aromatic nitrogens is 2. The summed E-state index contributed by atoms with van der Waals surface area (Å²) in [7, 11) is 0. The first-order valence-corrected chi connectivity index (χ1v) is 6.16. The number of nitrogens with one attached hydrogen (secondary N) is 1. The van der Waals surface area contributed by atoms with Gasteiger partial charge in [-0.1, -0.05) is 24.3 Å². The van der Waals surface area contributed by atoms with Crippen molar-refractivity contribution in [2.45, 2.75) is 6.10 Å². The van der Waals surface area contributed by atoms with E-state index in [0.29, 0.717) is 13.2 Å². The van der Waals surface area contributed by atoms with Crippen LogP contribution >= 0.6 is 0 Å². The van der Waals surface area contributed by atoms with Gasteiger partial charge in [-0.15, -0.1) is 5.10 Å². The normalized spacial score (nSPS) is 19.6. The third kappa shape index (κ3) is 2.22. The fourth-order valence-corrected chi connectivity index (χ4v) is 2.28. The van der Waals surface area contributed by atoms with Crippen LogP contribution < -0.4 is 10.6 Å². The number of hydrogen-bond donors (Lipinski definition) is 2. The average Bonchev–Trinajstić information content (AvgIpc) is 2.47. The van der Waals surface area contributed by atoms with E-state index in [2.05, 4.69) is 15.1 Å². The number of morpholine rings is 1. The number of hydrogen-bond acceptors (Lipinski definition) is 5. The number of fused-ring (bicyclic) bond motifs is 1. The molecule has 1 aromatic carbocycles. The first-order valence-electron chi connectivity index (χ1n) is 6.16. The van der Waals surface area contributed by atoms with Crippen molar-refractivity contribution in [3.05, 3.63) is 30.5 Å². The van der Waals surface area contributed by atoms with Gasteiger partial charge in [0.25, 0.3) is 0 Å². The van der Waals surface area contributed by atoms with Crippen molar-refractivity contribution < 1.29 is 4.74 Å². The van der Waals surface area contributed by atoms with Gasteiger partial charge in [0.2, 0.25) is 0 Å². The third-order valence-electron chi connectivity index (χ3n) is 3.26. The molecule has 6 heteroatoms. The molecule has 1 fully saturated rings. The van der Waals surface area contributed by atoms with Crippen LogP contribution in [0.5, 0.6) is 0 Å². The van der Waals surface area contributed by atoms with Crippen molar-refractivity contribution in [2.75, 3.05) is 24.6 Å². The zero-order valence-electron chi connectivity index (χ0n) is 10.4. The highest BCUT2D eigenvalue weighted by Crippen LogP contribution is 2.24. The molecule has 0 saturated carbocycles. The SMILES string of the molecule is N=C(N)C1CN(c2nncc3ccccc23)CCO1. The van der Waals surface area contributed by atoms with Crippen LogP contribution in [0, 0.1) is 5.41 Å². The maximum absolute atomic E-state index is 7.49. The summed E-state index contributed by atoms with van der Waals surface area (Å²) in [5.41, 5.74) is 5.52. The highest BCUT2D eigenvalue weighted by molar-refractivity contribution is 5.91. The smallest absolute Gasteiger partial charge is 0.159 e. The van der Waals surface area contributed by atoms with Crippen LogP contribution in [0.4, 0.5) is 5.82 Å². The van der Waals surface area contributed by atoms with Crippen LogP contribution in [0.25, 0.3) is 10.8 Å². The molecule has 1 aromatic heterocycles. The highest BCUT2D eigenvalue weighted by atomic mass is 16.5. The summed E-state index contributed by atoms with van der Waals surface area (Å²) in [4.78, 5) is 2.07. The lowest BCUT2D eigenvalue weighted by molar-refractivity contribution is 0.0824. The number of nitrogens with two attached hydrogens (primary N) is 1. The Kier molecular flexibility index (Phi) is 3.00. The second-order valence-corrected chi connectivity index (χ2v) is 4.52. The second-order valence-electron chi connectivity index (χ2n) is 4.52. The minimum atomic E-state index is -0.366. The molecule has 1 aliphatic rings. The predicted octanol–water partition coefficient (Wildman–Crippen LogP) is 0.771. The summed E-state index contributed by atoms with van der Waals surface area (Å²) in [6.07, 6.45) is 1.39. The molecule has 0 spiro atoms. The Balaban J connectivity index is 1.97. The van der Waals surface area contributed by atoms with Crippen LogP contribution in [0.15, 0.2) is 30.5 Å². The molecular formula is C13H15N5O. The Bertz CT molecular complexity index is 610. The van der Waals surface area contributed by atoms with Crippen molar-refractivity contribution in [2.24, 2.45) is 5.73 Å². The number of amidine groups is 1. The van der Waals surface area contributed by atoms with E-state index >= 15 is 0 Å². The van der Waals surface area contributed by atoms with Crippen molar-refractivity contribution in [3.63, 3.8) is 0 Å². The molecular weight excluding hydrogens is 242 g/mol. The standard InChI is InChI=1S/C13H15N5O/c14-12(15)11-8-18(5-6-19-11)13-10-4-2-1-3-9(10)7-16-17-13/h1-4,7,11H,5-6,8H2,(H3,14,15). The Morgan fingerprint density at radius 3 is 3.11 bits per heavy atom. The summed E-state index contributed by atoms with van der Waals surface area (Å²) in [5, 5.41) is 17.9. The Hall–Kier alpha value is -2.21. The van der Waals surface area contributed by atoms with Gasteiger partial charge in [0.05, 0.1) is 19.3 Å². The van der Waals surface area contributed by atoms with Crippen molar-refractivity contribution in [1.82, 2.24) is 10.2 Å². The summed E-state index contributed by atoms with van der Waals surface area (Å²) >= 11 is 0. The molecule has 0 bridgehead atoms. The molecule has 0 radical (unpaired) electrons. The fraction of sp³-hybridized carbons (Fsp3) is 0.308. The van der Waals surface area contributed by atoms with Crippen LogP contribution in [-0.4, -0.2) is 41.8 Å². The maximum atomic E-state index is 7.49. The maximum Gasteiger partial charge on any atom is 0.159 e. The van der Waals surface area contributed by atoms with E-state index in [-0.39, 0.29) is 11.9 Å². The van der Waals surface area contributed by atoms with E-state index in [9.17, 15) is 0 Å². The van der Waals surface area contributed by atoms with Gasteiger partial charge in [-0.2, -0.15) is 5.10 Å². The zero-order chi connectivity index (χ0) is 13.2. The summed E-state index contributed by atoms with van der Waals surface area (Å²) in [6, 6.07) is 8.00. The molecule has 0 aliphatic carbocycles. The van der Waals surface area contributed by atoms with Crippen LogP contribution in [0.1, 0.15) is 0 Å². The lowest BCUT2D eigenvalue weighted by Gasteiger charge is -2.33. The first kappa shape index (κ1) is 11.9. The van der Waals surface area contributed by atoms with E-state index in [0.717, 1.165) is 23.1 Å². The number of benzene rings is 1.